The van der Waals surface area contributed by atoms with Crippen molar-refractivity contribution >= 4 is 31.4 Å². The number of benzene rings is 2. The van der Waals surface area contributed by atoms with Gasteiger partial charge in [-0.2, -0.15) is 0 Å². The molecule has 0 aliphatic carbocycles. The Morgan fingerprint density at radius 1 is 1.00 bits per heavy atom. The standard InChI is InChI=1S/C16H19N3O7S2/c1-11(2)17-27(22,23)14-7-8-16(26-3)15(10-14)18-28(24,25)13-6-4-5-12(9-13)19(20)21/h4-11,17-18H,1-3H3. The van der Waals surface area contributed by atoms with Gasteiger partial charge in [0.15, 0.2) is 0 Å². The van der Waals surface area contributed by atoms with E-state index in [-0.39, 0.29) is 27.3 Å². The summed E-state index contributed by atoms with van der Waals surface area (Å²) in [5.74, 6) is 0.0810. The van der Waals surface area contributed by atoms with Gasteiger partial charge >= 0.3 is 0 Å². The van der Waals surface area contributed by atoms with Crippen LogP contribution < -0.4 is 14.2 Å². The molecule has 0 bridgehead atoms. The minimum atomic E-state index is -4.24. The normalized spacial score (nSPS) is 12.0. The van der Waals surface area contributed by atoms with Crippen molar-refractivity contribution in [1.82, 2.24) is 4.72 Å². The molecule has 0 fully saturated rings. The number of nitrogens with one attached hydrogen (secondary N) is 2. The zero-order chi connectivity index (χ0) is 21.1. The van der Waals surface area contributed by atoms with Gasteiger partial charge in [-0.15, -0.1) is 0 Å². The summed E-state index contributed by atoms with van der Waals surface area (Å²) in [5.41, 5.74) is -0.520. The van der Waals surface area contributed by atoms with E-state index >= 15 is 0 Å². The van der Waals surface area contributed by atoms with Crippen LogP contribution in [0.4, 0.5) is 11.4 Å². The van der Waals surface area contributed by atoms with Gasteiger partial charge in [0, 0.05) is 18.2 Å². The summed E-state index contributed by atoms with van der Waals surface area (Å²) in [6.45, 7) is 3.29. The number of ether oxygens (including phenoxy) is 1. The number of methoxy groups -OCH3 is 1. The number of hydrogen-bond acceptors (Lipinski definition) is 7. The summed E-state index contributed by atoms with van der Waals surface area (Å²) in [4.78, 5) is 9.64. The van der Waals surface area contributed by atoms with E-state index in [0.29, 0.717) is 0 Å². The minimum Gasteiger partial charge on any atom is -0.495 e. The van der Waals surface area contributed by atoms with Gasteiger partial charge in [0.2, 0.25) is 10.0 Å². The van der Waals surface area contributed by atoms with E-state index in [2.05, 4.69) is 9.44 Å². The van der Waals surface area contributed by atoms with E-state index in [0.717, 1.165) is 18.2 Å². The Balaban J connectivity index is 2.48. The Morgan fingerprint density at radius 2 is 1.64 bits per heavy atom. The van der Waals surface area contributed by atoms with Crippen molar-refractivity contribution in [3.05, 3.63) is 52.6 Å². The first-order valence-corrected chi connectivity index (χ1v) is 10.9. The van der Waals surface area contributed by atoms with Gasteiger partial charge in [-0.1, -0.05) is 6.07 Å². The number of nitro groups is 1. The van der Waals surface area contributed by atoms with Crippen LogP contribution in [0.5, 0.6) is 5.75 Å². The van der Waals surface area contributed by atoms with E-state index in [1.807, 2.05) is 0 Å². The van der Waals surface area contributed by atoms with Crippen LogP contribution in [0.1, 0.15) is 13.8 Å². The lowest BCUT2D eigenvalue weighted by Crippen LogP contribution is -2.30. The van der Waals surface area contributed by atoms with Gasteiger partial charge in [-0.25, -0.2) is 21.6 Å². The van der Waals surface area contributed by atoms with Crippen LogP contribution in [0.2, 0.25) is 0 Å². The lowest BCUT2D eigenvalue weighted by molar-refractivity contribution is -0.385. The SMILES string of the molecule is COc1ccc(S(=O)(=O)NC(C)C)cc1NS(=O)(=O)c1cccc([N+](=O)[O-])c1. The molecule has 2 aromatic carbocycles. The van der Waals surface area contributed by atoms with E-state index < -0.39 is 30.7 Å². The molecule has 152 valence electrons. The summed E-state index contributed by atoms with van der Waals surface area (Å²) in [7, 11) is -6.82. The molecule has 0 amide bonds. The van der Waals surface area contributed by atoms with Crippen molar-refractivity contribution in [3.8, 4) is 5.75 Å². The maximum absolute atomic E-state index is 12.6. The monoisotopic (exact) mass is 429 g/mol. The van der Waals surface area contributed by atoms with Gasteiger partial charge in [-0.05, 0) is 38.1 Å². The number of non-ortho nitro benzene ring substituents is 1. The topological polar surface area (TPSA) is 145 Å². The summed E-state index contributed by atoms with van der Waals surface area (Å²) in [6.07, 6.45) is 0. The Bertz CT molecular complexity index is 1100. The Kier molecular flexibility index (Phi) is 6.27. The minimum absolute atomic E-state index is 0.0810. The molecule has 2 aromatic rings. The molecular weight excluding hydrogens is 410 g/mol. The van der Waals surface area contributed by atoms with Gasteiger partial charge in [-0.3, -0.25) is 14.8 Å². The lowest BCUT2D eigenvalue weighted by atomic mass is 10.3. The first-order valence-electron chi connectivity index (χ1n) is 7.94. The van der Waals surface area contributed by atoms with Crippen LogP contribution in [0.15, 0.2) is 52.3 Å². The first-order chi connectivity index (χ1) is 13.0. The van der Waals surface area contributed by atoms with Crippen LogP contribution in [-0.4, -0.2) is 34.9 Å². The van der Waals surface area contributed by atoms with Crippen LogP contribution in [0, 0.1) is 10.1 Å². The predicted octanol–water partition coefficient (Wildman–Crippen LogP) is 2.09. The number of anilines is 1. The molecule has 0 aromatic heterocycles. The molecule has 0 aliphatic rings. The maximum Gasteiger partial charge on any atom is 0.270 e. The molecule has 2 rings (SSSR count). The predicted molar refractivity (Wildman–Crippen MR) is 102 cm³/mol. The molecule has 0 saturated carbocycles. The molecule has 0 atom stereocenters. The van der Waals surface area contributed by atoms with E-state index in [1.54, 1.807) is 13.8 Å². The Morgan fingerprint density at radius 3 is 2.21 bits per heavy atom. The van der Waals surface area contributed by atoms with Gasteiger partial charge in [0.1, 0.15) is 5.75 Å². The number of nitrogens with zero attached hydrogens (tertiary/aromatic N) is 1. The second kappa shape index (κ2) is 8.12. The molecule has 10 nitrogen and oxygen atoms in total. The quantitative estimate of drug-likeness (QED) is 0.483. The van der Waals surface area contributed by atoms with Crippen molar-refractivity contribution in [2.75, 3.05) is 11.8 Å². The third-order valence-electron chi connectivity index (χ3n) is 3.46. The summed E-state index contributed by atoms with van der Waals surface area (Å²) < 4.78 is 59.6. The Labute approximate surface area is 162 Å². The number of hydrogen-bond donors (Lipinski definition) is 2. The number of nitro benzene ring substituents is 1. The zero-order valence-corrected chi connectivity index (χ0v) is 16.9. The van der Waals surface area contributed by atoms with Crippen LogP contribution >= 0.6 is 0 Å². The molecule has 28 heavy (non-hydrogen) atoms. The highest BCUT2D eigenvalue weighted by Gasteiger charge is 2.22. The second-order valence-corrected chi connectivity index (χ2v) is 9.39. The van der Waals surface area contributed by atoms with Crippen molar-refractivity contribution in [1.29, 1.82) is 0 Å². The fraction of sp³-hybridized carbons (Fsp3) is 0.250. The highest BCUT2D eigenvalue weighted by atomic mass is 32.2. The van der Waals surface area contributed by atoms with E-state index in [9.17, 15) is 26.9 Å². The van der Waals surface area contributed by atoms with Crippen molar-refractivity contribution in [2.24, 2.45) is 0 Å². The van der Waals surface area contributed by atoms with Gasteiger partial charge < -0.3 is 4.74 Å². The third-order valence-corrected chi connectivity index (χ3v) is 6.47. The highest BCUT2D eigenvalue weighted by Crippen LogP contribution is 2.30. The smallest absolute Gasteiger partial charge is 0.270 e. The Hall–Kier alpha value is -2.70. The van der Waals surface area contributed by atoms with Crippen molar-refractivity contribution < 1.29 is 26.5 Å². The molecular formula is C16H19N3O7S2. The number of sulfonamides is 2. The fourth-order valence-corrected chi connectivity index (χ4v) is 4.66. The van der Waals surface area contributed by atoms with Crippen LogP contribution in [0.25, 0.3) is 0 Å². The van der Waals surface area contributed by atoms with Crippen LogP contribution in [0.3, 0.4) is 0 Å². The fourth-order valence-electron chi connectivity index (χ4n) is 2.28. The summed E-state index contributed by atoms with van der Waals surface area (Å²) in [5, 5.41) is 10.9. The second-order valence-electron chi connectivity index (χ2n) is 6.00. The van der Waals surface area contributed by atoms with E-state index in [4.69, 9.17) is 4.74 Å². The van der Waals surface area contributed by atoms with Crippen molar-refractivity contribution in [3.63, 3.8) is 0 Å². The molecule has 0 aliphatic heterocycles. The molecule has 2 N–H and O–H groups in total. The van der Waals surface area contributed by atoms with Gasteiger partial charge in [0.25, 0.3) is 15.7 Å². The largest absolute Gasteiger partial charge is 0.495 e. The van der Waals surface area contributed by atoms with Crippen LogP contribution in [-0.2, 0) is 20.0 Å². The first kappa shape index (κ1) is 21.6. The molecule has 0 heterocycles. The number of rotatable bonds is 8. The maximum atomic E-state index is 12.6. The molecule has 0 saturated heterocycles. The van der Waals surface area contributed by atoms with Crippen molar-refractivity contribution in [2.45, 2.75) is 29.7 Å². The average molecular weight is 429 g/mol. The zero-order valence-electron chi connectivity index (χ0n) is 15.2. The molecule has 0 radical (unpaired) electrons. The summed E-state index contributed by atoms with van der Waals surface area (Å²) in [6, 6.07) is 7.80. The highest BCUT2D eigenvalue weighted by molar-refractivity contribution is 7.92. The molecule has 0 unspecified atom stereocenters. The lowest BCUT2D eigenvalue weighted by Gasteiger charge is -2.15. The van der Waals surface area contributed by atoms with E-state index in [1.165, 1.54) is 31.4 Å². The molecule has 12 heteroatoms. The van der Waals surface area contributed by atoms with Gasteiger partial charge in [0.05, 0.1) is 27.5 Å². The molecule has 0 spiro atoms. The summed E-state index contributed by atoms with van der Waals surface area (Å²) >= 11 is 0. The average Bonchev–Trinajstić information content (AvgIpc) is 2.60. The third kappa shape index (κ3) is 4.97.